The van der Waals surface area contributed by atoms with E-state index in [1.54, 1.807) is 0 Å². The molecule has 1 unspecified atom stereocenters. The van der Waals surface area contributed by atoms with Crippen LogP contribution in [0.3, 0.4) is 0 Å². The molecule has 1 aliphatic heterocycles. The number of hydrogen-bond donors (Lipinski definition) is 1. The Labute approximate surface area is 131 Å². The Bertz CT molecular complexity index is 669. The summed E-state index contributed by atoms with van der Waals surface area (Å²) in [5.41, 5.74) is 3.99. The highest BCUT2D eigenvalue weighted by atomic mass is 16.2. The van der Waals surface area contributed by atoms with Gasteiger partial charge in [-0.15, -0.1) is 0 Å². The maximum absolute atomic E-state index is 12.8. The third kappa shape index (κ3) is 2.55. The van der Waals surface area contributed by atoms with Gasteiger partial charge in [0, 0.05) is 36.7 Å². The summed E-state index contributed by atoms with van der Waals surface area (Å²) in [5.74, 6) is 0.115. The molecule has 2 aromatic rings. The molecule has 1 saturated heterocycles. The standard InChI is InChI=1S/C18H23N3O/c1-13-11-17(18(22)20(3)16-9-10-19-12-16)14(2)21(13)15-7-5-4-6-8-15/h4-8,11,16,19H,9-10,12H2,1-3H3. The van der Waals surface area contributed by atoms with E-state index < -0.39 is 0 Å². The van der Waals surface area contributed by atoms with Crippen LogP contribution in [0.2, 0.25) is 0 Å². The SMILES string of the molecule is Cc1cc(C(=O)N(C)C2CCNC2)c(C)n1-c1ccccc1. The number of carbonyl (C=O) groups is 1. The van der Waals surface area contributed by atoms with Crippen molar-refractivity contribution in [1.29, 1.82) is 0 Å². The van der Waals surface area contributed by atoms with E-state index in [1.165, 1.54) is 0 Å². The highest BCUT2D eigenvalue weighted by molar-refractivity contribution is 5.96. The van der Waals surface area contributed by atoms with Crippen LogP contribution in [0.15, 0.2) is 36.4 Å². The van der Waals surface area contributed by atoms with Gasteiger partial charge in [0.1, 0.15) is 0 Å². The van der Waals surface area contributed by atoms with Crippen LogP contribution in [0.4, 0.5) is 0 Å². The average Bonchev–Trinajstić information content (AvgIpc) is 3.15. The molecule has 4 nitrogen and oxygen atoms in total. The van der Waals surface area contributed by atoms with Gasteiger partial charge in [-0.2, -0.15) is 0 Å². The molecule has 116 valence electrons. The fourth-order valence-corrected chi connectivity index (χ4v) is 3.28. The first-order valence-electron chi connectivity index (χ1n) is 7.82. The first-order valence-corrected chi connectivity index (χ1v) is 7.82. The Morgan fingerprint density at radius 1 is 1.27 bits per heavy atom. The van der Waals surface area contributed by atoms with Crippen molar-refractivity contribution in [3.05, 3.63) is 53.3 Å². The number of hydrogen-bond acceptors (Lipinski definition) is 2. The van der Waals surface area contributed by atoms with Crippen LogP contribution < -0.4 is 5.32 Å². The van der Waals surface area contributed by atoms with E-state index >= 15 is 0 Å². The van der Waals surface area contributed by atoms with Crippen molar-refractivity contribution < 1.29 is 4.79 Å². The van der Waals surface area contributed by atoms with E-state index in [9.17, 15) is 4.79 Å². The van der Waals surface area contributed by atoms with E-state index in [-0.39, 0.29) is 5.91 Å². The number of para-hydroxylation sites is 1. The topological polar surface area (TPSA) is 37.3 Å². The van der Waals surface area contributed by atoms with Crippen molar-refractivity contribution in [2.75, 3.05) is 20.1 Å². The van der Waals surface area contributed by atoms with Crippen molar-refractivity contribution in [2.45, 2.75) is 26.3 Å². The zero-order valence-electron chi connectivity index (χ0n) is 13.5. The number of aromatic nitrogens is 1. The smallest absolute Gasteiger partial charge is 0.255 e. The second-order valence-electron chi connectivity index (χ2n) is 6.02. The normalized spacial score (nSPS) is 17.7. The lowest BCUT2D eigenvalue weighted by Gasteiger charge is -2.23. The number of rotatable bonds is 3. The van der Waals surface area contributed by atoms with Crippen LogP contribution >= 0.6 is 0 Å². The molecular weight excluding hydrogens is 274 g/mol. The Balaban J connectivity index is 1.94. The number of benzene rings is 1. The molecule has 1 fully saturated rings. The summed E-state index contributed by atoms with van der Waals surface area (Å²) in [6.45, 7) is 5.95. The zero-order valence-corrected chi connectivity index (χ0v) is 13.5. The van der Waals surface area contributed by atoms with Crippen LogP contribution in [0, 0.1) is 13.8 Å². The summed E-state index contributed by atoms with van der Waals surface area (Å²) >= 11 is 0. The van der Waals surface area contributed by atoms with E-state index in [0.29, 0.717) is 6.04 Å². The molecule has 1 aromatic heterocycles. The molecule has 0 bridgehead atoms. The maximum atomic E-state index is 12.8. The summed E-state index contributed by atoms with van der Waals surface area (Å²) in [6, 6.07) is 12.5. The Kier molecular flexibility index (Phi) is 4.03. The summed E-state index contributed by atoms with van der Waals surface area (Å²) < 4.78 is 2.15. The molecule has 1 atom stereocenters. The minimum atomic E-state index is 0.115. The van der Waals surface area contributed by atoms with Crippen molar-refractivity contribution in [3.8, 4) is 5.69 Å². The van der Waals surface area contributed by atoms with Crippen LogP contribution in [0.25, 0.3) is 5.69 Å². The van der Waals surface area contributed by atoms with Crippen LogP contribution in [0.5, 0.6) is 0 Å². The van der Waals surface area contributed by atoms with Gasteiger partial charge in [-0.05, 0) is 45.0 Å². The van der Waals surface area contributed by atoms with Gasteiger partial charge < -0.3 is 14.8 Å². The van der Waals surface area contributed by atoms with Gasteiger partial charge in [0.05, 0.1) is 5.56 Å². The molecular formula is C18H23N3O. The Morgan fingerprint density at radius 2 is 2.00 bits per heavy atom. The lowest BCUT2D eigenvalue weighted by atomic mass is 10.1. The highest BCUT2D eigenvalue weighted by Crippen LogP contribution is 2.22. The molecule has 1 aliphatic rings. The monoisotopic (exact) mass is 297 g/mol. The highest BCUT2D eigenvalue weighted by Gasteiger charge is 2.26. The molecule has 4 heteroatoms. The third-order valence-corrected chi connectivity index (χ3v) is 4.58. The number of carbonyl (C=O) groups excluding carboxylic acids is 1. The van der Waals surface area contributed by atoms with Crippen LogP contribution in [-0.4, -0.2) is 41.6 Å². The third-order valence-electron chi connectivity index (χ3n) is 4.58. The number of nitrogens with one attached hydrogen (secondary N) is 1. The second kappa shape index (κ2) is 5.97. The second-order valence-corrected chi connectivity index (χ2v) is 6.02. The average molecular weight is 297 g/mol. The lowest BCUT2D eigenvalue weighted by Crippen LogP contribution is -2.38. The largest absolute Gasteiger partial charge is 0.337 e. The van der Waals surface area contributed by atoms with Gasteiger partial charge in [0.2, 0.25) is 0 Å². The fourth-order valence-electron chi connectivity index (χ4n) is 3.28. The van der Waals surface area contributed by atoms with Gasteiger partial charge in [-0.3, -0.25) is 4.79 Å². The van der Waals surface area contributed by atoms with Gasteiger partial charge in [-0.25, -0.2) is 0 Å². The molecule has 0 radical (unpaired) electrons. The van der Waals surface area contributed by atoms with Crippen molar-refractivity contribution in [1.82, 2.24) is 14.8 Å². The molecule has 1 amide bonds. The van der Waals surface area contributed by atoms with Crippen molar-refractivity contribution in [3.63, 3.8) is 0 Å². The minimum absolute atomic E-state index is 0.115. The van der Waals surface area contributed by atoms with E-state index in [0.717, 1.165) is 42.1 Å². The first kappa shape index (κ1) is 14.9. The Morgan fingerprint density at radius 3 is 2.64 bits per heavy atom. The number of amides is 1. The van der Waals surface area contributed by atoms with Crippen LogP contribution in [-0.2, 0) is 0 Å². The predicted octanol–water partition coefficient (Wildman–Crippen LogP) is 2.53. The molecule has 3 rings (SSSR count). The maximum Gasteiger partial charge on any atom is 0.255 e. The van der Waals surface area contributed by atoms with E-state index in [2.05, 4.69) is 22.0 Å². The quantitative estimate of drug-likeness (QED) is 0.945. The first-order chi connectivity index (χ1) is 10.6. The van der Waals surface area contributed by atoms with Crippen molar-refractivity contribution >= 4 is 5.91 Å². The lowest BCUT2D eigenvalue weighted by molar-refractivity contribution is 0.0743. The number of likely N-dealkylation sites (N-methyl/N-ethyl adjacent to an activating group) is 1. The molecule has 2 heterocycles. The molecule has 0 spiro atoms. The minimum Gasteiger partial charge on any atom is -0.337 e. The van der Waals surface area contributed by atoms with Crippen molar-refractivity contribution in [2.24, 2.45) is 0 Å². The van der Waals surface area contributed by atoms with Gasteiger partial charge in [0.25, 0.3) is 5.91 Å². The fraction of sp³-hybridized carbons (Fsp3) is 0.389. The number of aryl methyl sites for hydroxylation is 1. The molecule has 22 heavy (non-hydrogen) atoms. The zero-order chi connectivity index (χ0) is 15.7. The summed E-state index contributed by atoms with van der Waals surface area (Å²) in [7, 11) is 1.91. The molecule has 0 aliphatic carbocycles. The molecule has 1 aromatic carbocycles. The molecule has 0 saturated carbocycles. The van der Waals surface area contributed by atoms with Gasteiger partial charge in [-0.1, -0.05) is 18.2 Å². The number of nitrogens with zero attached hydrogens (tertiary/aromatic N) is 2. The summed E-state index contributed by atoms with van der Waals surface area (Å²) in [4.78, 5) is 14.7. The Hall–Kier alpha value is -2.07. The van der Waals surface area contributed by atoms with E-state index in [4.69, 9.17) is 0 Å². The predicted molar refractivity (Wildman–Crippen MR) is 88.6 cm³/mol. The van der Waals surface area contributed by atoms with E-state index in [1.807, 2.05) is 50.1 Å². The van der Waals surface area contributed by atoms with Crippen LogP contribution in [0.1, 0.15) is 28.2 Å². The molecule has 1 N–H and O–H groups in total. The summed E-state index contributed by atoms with van der Waals surface area (Å²) in [6.07, 6.45) is 1.03. The van der Waals surface area contributed by atoms with Gasteiger partial charge in [0.15, 0.2) is 0 Å². The van der Waals surface area contributed by atoms with Gasteiger partial charge >= 0.3 is 0 Å². The summed E-state index contributed by atoms with van der Waals surface area (Å²) in [5, 5.41) is 3.32.